The Hall–Kier alpha value is -0.570. The largest absolute Gasteiger partial charge is 0.396 e. The molecule has 0 spiro atoms. The molecule has 0 aliphatic rings. The van der Waals surface area contributed by atoms with Crippen LogP contribution in [0.4, 0.5) is 0 Å². The summed E-state index contributed by atoms with van der Waals surface area (Å²) in [5.41, 5.74) is 5.01. The van der Waals surface area contributed by atoms with Crippen LogP contribution < -0.4 is 5.73 Å². The molecule has 0 aromatic heterocycles. The van der Waals surface area contributed by atoms with E-state index < -0.39 is 0 Å². The monoisotopic (exact) mass is 187 g/mol. The topological polar surface area (TPSA) is 63.3 Å². The molecular weight excluding hydrogens is 166 g/mol. The summed E-state index contributed by atoms with van der Waals surface area (Å²) in [4.78, 5) is 10.4. The van der Waals surface area contributed by atoms with Crippen LogP contribution in [0.25, 0.3) is 0 Å². The van der Waals surface area contributed by atoms with Crippen LogP contribution in [0.5, 0.6) is 0 Å². The second-order valence-electron chi connectivity index (χ2n) is 3.41. The van der Waals surface area contributed by atoms with E-state index in [4.69, 9.17) is 10.8 Å². The van der Waals surface area contributed by atoms with Crippen LogP contribution in [0.1, 0.15) is 51.4 Å². The molecule has 0 aliphatic heterocycles. The van der Waals surface area contributed by atoms with Crippen LogP contribution in [0, 0.1) is 0 Å². The van der Waals surface area contributed by atoms with E-state index in [0.717, 1.165) is 25.7 Å². The van der Waals surface area contributed by atoms with Crippen molar-refractivity contribution in [1.29, 1.82) is 0 Å². The van der Waals surface area contributed by atoms with Gasteiger partial charge in [0.2, 0.25) is 5.91 Å². The van der Waals surface area contributed by atoms with Crippen molar-refractivity contribution < 1.29 is 9.90 Å². The number of amides is 1. The van der Waals surface area contributed by atoms with E-state index >= 15 is 0 Å². The predicted molar refractivity (Wildman–Crippen MR) is 53.2 cm³/mol. The normalized spacial score (nSPS) is 10.2. The number of aliphatic hydroxyl groups excluding tert-OH is 1. The summed E-state index contributed by atoms with van der Waals surface area (Å²) in [6.45, 7) is 0.307. The van der Waals surface area contributed by atoms with Crippen LogP contribution in [0.15, 0.2) is 0 Å². The number of hydrogen-bond acceptors (Lipinski definition) is 2. The van der Waals surface area contributed by atoms with Crippen molar-refractivity contribution >= 4 is 5.91 Å². The third kappa shape index (κ3) is 11.4. The fraction of sp³-hybridized carbons (Fsp3) is 0.900. The molecule has 0 unspecified atom stereocenters. The molecule has 0 saturated heterocycles. The lowest BCUT2D eigenvalue weighted by atomic mass is 10.1. The predicted octanol–water partition coefficient (Wildman–Crippen LogP) is 1.58. The number of unbranched alkanes of at least 4 members (excludes halogenated alkanes) is 6. The smallest absolute Gasteiger partial charge is 0.217 e. The minimum Gasteiger partial charge on any atom is -0.396 e. The summed E-state index contributed by atoms with van der Waals surface area (Å²) < 4.78 is 0. The van der Waals surface area contributed by atoms with Crippen molar-refractivity contribution in [3.05, 3.63) is 0 Å². The molecule has 0 atom stereocenters. The summed E-state index contributed by atoms with van der Waals surface area (Å²) >= 11 is 0. The Kier molecular flexibility index (Phi) is 9.10. The highest BCUT2D eigenvalue weighted by atomic mass is 16.2. The van der Waals surface area contributed by atoms with Gasteiger partial charge in [0, 0.05) is 13.0 Å². The molecule has 0 rings (SSSR count). The van der Waals surface area contributed by atoms with Gasteiger partial charge in [-0.3, -0.25) is 4.79 Å². The van der Waals surface area contributed by atoms with Crippen molar-refractivity contribution in [3.63, 3.8) is 0 Å². The SMILES string of the molecule is NC(=O)CCCCCCCCCO. The molecule has 0 aliphatic carbocycles. The highest BCUT2D eigenvalue weighted by Crippen LogP contribution is 2.07. The van der Waals surface area contributed by atoms with Crippen LogP contribution >= 0.6 is 0 Å². The number of carbonyl (C=O) groups excluding carboxylic acids is 1. The molecule has 0 heterocycles. The van der Waals surface area contributed by atoms with Crippen molar-refractivity contribution in [2.24, 2.45) is 5.73 Å². The number of aliphatic hydroxyl groups is 1. The number of carbonyl (C=O) groups is 1. The van der Waals surface area contributed by atoms with Gasteiger partial charge in [0.15, 0.2) is 0 Å². The van der Waals surface area contributed by atoms with Gasteiger partial charge in [0.1, 0.15) is 0 Å². The second-order valence-corrected chi connectivity index (χ2v) is 3.41. The summed E-state index contributed by atoms with van der Waals surface area (Å²) in [6, 6.07) is 0. The van der Waals surface area contributed by atoms with Crippen LogP contribution in [0.2, 0.25) is 0 Å². The van der Waals surface area contributed by atoms with Gasteiger partial charge < -0.3 is 10.8 Å². The van der Waals surface area contributed by atoms with Crippen molar-refractivity contribution in [2.75, 3.05) is 6.61 Å². The summed E-state index contributed by atoms with van der Waals surface area (Å²) in [7, 11) is 0. The first-order chi connectivity index (χ1) is 6.27. The maximum Gasteiger partial charge on any atom is 0.217 e. The molecule has 1 amide bonds. The van der Waals surface area contributed by atoms with E-state index in [1.807, 2.05) is 0 Å². The number of primary amides is 1. The summed E-state index contributed by atoms with van der Waals surface area (Å²) in [6.07, 6.45) is 8.16. The van der Waals surface area contributed by atoms with Gasteiger partial charge in [-0.1, -0.05) is 32.1 Å². The van der Waals surface area contributed by atoms with Gasteiger partial charge in [0.05, 0.1) is 0 Å². The molecular formula is C10H21NO2. The fourth-order valence-electron chi connectivity index (χ4n) is 1.29. The first-order valence-corrected chi connectivity index (χ1v) is 5.16. The Morgan fingerprint density at radius 1 is 0.923 bits per heavy atom. The number of nitrogens with two attached hydrogens (primary N) is 1. The molecule has 78 valence electrons. The van der Waals surface area contributed by atoms with Gasteiger partial charge >= 0.3 is 0 Å². The minimum absolute atomic E-state index is 0.194. The highest BCUT2D eigenvalue weighted by Gasteiger charge is 1.94. The zero-order valence-corrected chi connectivity index (χ0v) is 8.30. The molecule has 0 aromatic carbocycles. The molecule has 13 heavy (non-hydrogen) atoms. The molecule has 3 N–H and O–H groups in total. The molecule has 0 fully saturated rings. The fourth-order valence-corrected chi connectivity index (χ4v) is 1.29. The van der Waals surface area contributed by atoms with E-state index in [0.29, 0.717) is 13.0 Å². The number of rotatable bonds is 9. The van der Waals surface area contributed by atoms with Crippen molar-refractivity contribution in [1.82, 2.24) is 0 Å². The molecule has 3 nitrogen and oxygen atoms in total. The lowest BCUT2D eigenvalue weighted by Gasteiger charge is -1.99. The average molecular weight is 187 g/mol. The van der Waals surface area contributed by atoms with Crippen molar-refractivity contribution in [2.45, 2.75) is 51.4 Å². The van der Waals surface area contributed by atoms with E-state index in [9.17, 15) is 4.79 Å². The number of hydrogen-bond donors (Lipinski definition) is 2. The Labute approximate surface area is 80.3 Å². The Bertz CT molecular complexity index is 126. The van der Waals surface area contributed by atoms with E-state index in [1.54, 1.807) is 0 Å². The van der Waals surface area contributed by atoms with Gasteiger partial charge in [-0.15, -0.1) is 0 Å². The van der Waals surface area contributed by atoms with Gasteiger partial charge in [-0.25, -0.2) is 0 Å². The molecule has 0 aromatic rings. The zero-order valence-electron chi connectivity index (χ0n) is 8.30. The first-order valence-electron chi connectivity index (χ1n) is 5.16. The lowest BCUT2D eigenvalue weighted by Crippen LogP contribution is -2.09. The Morgan fingerprint density at radius 3 is 1.85 bits per heavy atom. The molecule has 3 heteroatoms. The van der Waals surface area contributed by atoms with Crippen LogP contribution in [-0.4, -0.2) is 17.6 Å². The van der Waals surface area contributed by atoms with E-state index in [2.05, 4.69) is 0 Å². The van der Waals surface area contributed by atoms with Crippen molar-refractivity contribution in [3.8, 4) is 0 Å². The molecule has 0 saturated carbocycles. The average Bonchev–Trinajstić information content (AvgIpc) is 2.09. The minimum atomic E-state index is -0.194. The quantitative estimate of drug-likeness (QED) is 0.538. The standard InChI is InChI=1S/C10H21NO2/c11-10(13)8-6-4-2-1-3-5-7-9-12/h12H,1-9H2,(H2,11,13). The Balaban J connectivity index is 2.87. The van der Waals surface area contributed by atoms with Crippen LogP contribution in [0.3, 0.4) is 0 Å². The third-order valence-corrected chi connectivity index (χ3v) is 2.08. The van der Waals surface area contributed by atoms with Gasteiger partial charge in [0.25, 0.3) is 0 Å². The van der Waals surface area contributed by atoms with Crippen LogP contribution in [-0.2, 0) is 4.79 Å². The lowest BCUT2D eigenvalue weighted by molar-refractivity contribution is -0.118. The second kappa shape index (κ2) is 9.52. The maximum atomic E-state index is 10.4. The summed E-state index contributed by atoms with van der Waals surface area (Å²) in [5.74, 6) is -0.194. The first kappa shape index (κ1) is 12.4. The van der Waals surface area contributed by atoms with Gasteiger partial charge in [-0.2, -0.15) is 0 Å². The zero-order chi connectivity index (χ0) is 9.94. The third-order valence-electron chi connectivity index (χ3n) is 2.08. The van der Waals surface area contributed by atoms with E-state index in [1.165, 1.54) is 19.3 Å². The Morgan fingerprint density at radius 2 is 1.38 bits per heavy atom. The molecule has 0 radical (unpaired) electrons. The highest BCUT2D eigenvalue weighted by molar-refractivity contribution is 5.73. The molecule has 0 bridgehead atoms. The summed E-state index contributed by atoms with van der Waals surface area (Å²) in [5, 5.41) is 8.52. The van der Waals surface area contributed by atoms with Gasteiger partial charge in [-0.05, 0) is 12.8 Å². The van der Waals surface area contributed by atoms with E-state index in [-0.39, 0.29) is 5.91 Å². The maximum absolute atomic E-state index is 10.4.